The molecule has 0 amide bonds. The van der Waals surface area contributed by atoms with Crippen LogP contribution in [0.5, 0.6) is 0 Å². The Morgan fingerprint density at radius 1 is 1.67 bits per heavy atom. The van der Waals surface area contributed by atoms with Crippen molar-refractivity contribution in [2.45, 2.75) is 12.3 Å². The topological polar surface area (TPSA) is 84.3 Å². The number of rotatable bonds is 5. The highest BCUT2D eigenvalue weighted by atomic mass is 35.5. The minimum Gasteiger partial charge on any atom is -0.383 e. The van der Waals surface area contributed by atoms with Gasteiger partial charge in [0.2, 0.25) is 0 Å². The molecule has 0 aromatic carbocycles. The number of nitrogens with one attached hydrogen (secondary N) is 2. The van der Waals surface area contributed by atoms with Crippen LogP contribution < -0.4 is 11.0 Å². The van der Waals surface area contributed by atoms with E-state index in [1.54, 1.807) is 20.1 Å². The zero-order valence-corrected chi connectivity index (χ0v) is 10.9. The molecular formula is C10H14ClN5O2. The first kappa shape index (κ1) is 12.8. The molecule has 0 saturated carbocycles. The number of alkyl halides is 1. The van der Waals surface area contributed by atoms with Crippen LogP contribution in [0.3, 0.4) is 0 Å². The minimum absolute atomic E-state index is 0.144. The average Bonchev–Trinajstić information content (AvgIpc) is 2.69. The van der Waals surface area contributed by atoms with Gasteiger partial charge in [0.25, 0.3) is 0 Å². The van der Waals surface area contributed by atoms with Gasteiger partial charge in [0.15, 0.2) is 5.65 Å². The van der Waals surface area contributed by atoms with E-state index in [0.717, 1.165) is 0 Å². The third kappa shape index (κ3) is 2.62. The summed E-state index contributed by atoms with van der Waals surface area (Å²) in [6.07, 6.45) is 0. The molecule has 0 spiro atoms. The first-order chi connectivity index (χ1) is 8.61. The SMILES string of the molecule is COCC(Cl)CNc1cc2n[nH]c(=O)n2c(C)n1. The fourth-order valence-electron chi connectivity index (χ4n) is 1.64. The number of methoxy groups -OCH3 is 1. The van der Waals surface area contributed by atoms with Crippen molar-refractivity contribution in [2.75, 3.05) is 25.6 Å². The van der Waals surface area contributed by atoms with Crippen LogP contribution in [-0.2, 0) is 4.74 Å². The highest BCUT2D eigenvalue weighted by Crippen LogP contribution is 2.08. The van der Waals surface area contributed by atoms with Crippen LogP contribution in [0, 0.1) is 6.92 Å². The summed E-state index contributed by atoms with van der Waals surface area (Å²) >= 11 is 6.00. The smallest absolute Gasteiger partial charge is 0.349 e. The number of halogens is 1. The van der Waals surface area contributed by atoms with Crippen LogP contribution in [0.1, 0.15) is 5.82 Å². The third-order valence-electron chi connectivity index (χ3n) is 2.42. The third-order valence-corrected chi connectivity index (χ3v) is 2.70. The number of anilines is 1. The van der Waals surface area contributed by atoms with E-state index in [-0.39, 0.29) is 11.1 Å². The first-order valence-corrected chi connectivity index (χ1v) is 5.87. The number of aryl methyl sites for hydroxylation is 1. The summed E-state index contributed by atoms with van der Waals surface area (Å²) in [4.78, 5) is 15.7. The summed E-state index contributed by atoms with van der Waals surface area (Å²) in [5.74, 6) is 1.19. The number of nitrogens with zero attached hydrogens (tertiary/aromatic N) is 3. The van der Waals surface area contributed by atoms with E-state index in [0.29, 0.717) is 30.4 Å². The highest BCUT2D eigenvalue weighted by Gasteiger charge is 2.08. The van der Waals surface area contributed by atoms with Crippen molar-refractivity contribution in [1.82, 2.24) is 19.6 Å². The number of H-pyrrole nitrogens is 1. The number of hydrogen-bond donors (Lipinski definition) is 2. The summed E-state index contributed by atoms with van der Waals surface area (Å²) in [5, 5.41) is 9.20. The summed E-state index contributed by atoms with van der Waals surface area (Å²) in [5.41, 5.74) is 0.226. The molecule has 98 valence electrons. The lowest BCUT2D eigenvalue weighted by atomic mass is 10.4. The molecule has 8 heteroatoms. The number of ether oxygens (including phenoxy) is 1. The number of hydrogen-bond acceptors (Lipinski definition) is 5. The van der Waals surface area contributed by atoms with Crippen molar-refractivity contribution in [1.29, 1.82) is 0 Å². The Labute approximate surface area is 108 Å². The van der Waals surface area contributed by atoms with Crippen molar-refractivity contribution in [3.63, 3.8) is 0 Å². The van der Waals surface area contributed by atoms with Gasteiger partial charge >= 0.3 is 5.69 Å². The van der Waals surface area contributed by atoms with Crippen LogP contribution in [-0.4, -0.2) is 45.2 Å². The molecule has 0 radical (unpaired) electrons. The van der Waals surface area contributed by atoms with Crippen LogP contribution in [0.25, 0.3) is 5.65 Å². The maximum absolute atomic E-state index is 11.4. The Balaban J connectivity index is 2.17. The van der Waals surface area contributed by atoms with Gasteiger partial charge in [-0.25, -0.2) is 19.3 Å². The summed E-state index contributed by atoms with van der Waals surface area (Å²) in [6.45, 7) is 2.72. The van der Waals surface area contributed by atoms with Crippen LogP contribution in [0.15, 0.2) is 10.9 Å². The van der Waals surface area contributed by atoms with Crippen molar-refractivity contribution in [3.05, 3.63) is 22.4 Å². The Morgan fingerprint density at radius 3 is 3.17 bits per heavy atom. The van der Waals surface area contributed by atoms with Crippen molar-refractivity contribution < 1.29 is 4.74 Å². The van der Waals surface area contributed by atoms with Gasteiger partial charge in [-0.3, -0.25) is 0 Å². The maximum Gasteiger partial charge on any atom is 0.349 e. The Kier molecular flexibility index (Phi) is 3.83. The lowest BCUT2D eigenvalue weighted by molar-refractivity contribution is 0.200. The largest absolute Gasteiger partial charge is 0.383 e. The first-order valence-electron chi connectivity index (χ1n) is 5.43. The van der Waals surface area contributed by atoms with E-state index < -0.39 is 0 Å². The van der Waals surface area contributed by atoms with E-state index >= 15 is 0 Å². The molecule has 2 rings (SSSR count). The van der Waals surface area contributed by atoms with E-state index in [1.807, 2.05) is 0 Å². The molecule has 1 unspecified atom stereocenters. The van der Waals surface area contributed by atoms with E-state index in [9.17, 15) is 4.79 Å². The van der Waals surface area contributed by atoms with E-state index in [4.69, 9.17) is 16.3 Å². The summed E-state index contributed by atoms with van der Waals surface area (Å²) in [7, 11) is 1.60. The molecule has 2 aromatic heterocycles. The summed E-state index contributed by atoms with van der Waals surface area (Å²) < 4.78 is 6.34. The zero-order valence-electron chi connectivity index (χ0n) is 10.1. The molecule has 0 aliphatic heterocycles. The Hall–Kier alpha value is -1.60. The molecule has 18 heavy (non-hydrogen) atoms. The minimum atomic E-state index is -0.295. The van der Waals surface area contributed by atoms with Crippen molar-refractivity contribution >= 4 is 23.1 Å². The van der Waals surface area contributed by atoms with Crippen molar-refractivity contribution in [2.24, 2.45) is 0 Å². The Bertz CT molecular complexity index is 593. The predicted octanol–water partition coefficient (Wildman–Crippen LogP) is 0.392. The van der Waals surface area contributed by atoms with Crippen molar-refractivity contribution in [3.8, 4) is 0 Å². The molecule has 0 aliphatic rings. The van der Waals surface area contributed by atoms with Crippen LogP contribution >= 0.6 is 11.6 Å². The second-order valence-electron chi connectivity index (χ2n) is 3.84. The fourth-order valence-corrected chi connectivity index (χ4v) is 1.85. The number of aromatic amines is 1. The quantitative estimate of drug-likeness (QED) is 0.769. The van der Waals surface area contributed by atoms with Crippen LogP contribution in [0.4, 0.5) is 5.82 Å². The lowest BCUT2D eigenvalue weighted by Gasteiger charge is -2.10. The summed E-state index contributed by atoms with van der Waals surface area (Å²) in [6, 6.07) is 1.68. The zero-order chi connectivity index (χ0) is 13.1. The molecular weight excluding hydrogens is 258 g/mol. The molecule has 2 N–H and O–H groups in total. The molecule has 7 nitrogen and oxygen atoms in total. The normalized spacial score (nSPS) is 12.8. The number of fused-ring (bicyclic) bond motifs is 1. The monoisotopic (exact) mass is 271 g/mol. The van der Waals surface area contributed by atoms with Gasteiger partial charge in [-0.1, -0.05) is 0 Å². The fraction of sp³-hybridized carbons (Fsp3) is 0.500. The van der Waals surface area contributed by atoms with Gasteiger partial charge in [-0.15, -0.1) is 11.6 Å². The molecule has 0 saturated heterocycles. The van der Waals surface area contributed by atoms with Gasteiger partial charge < -0.3 is 10.1 Å². The van der Waals surface area contributed by atoms with Gasteiger partial charge in [0.05, 0.1) is 12.0 Å². The maximum atomic E-state index is 11.4. The van der Waals surface area contributed by atoms with E-state index in [2.05, 4.69) is 20.5 Å². The standard InChI is InChI=1S/C10H14ClN5O2/c1-6-13-8(12-4-7(11)5-18-2)3-9-14-15-10(17)16(6)9/h3,7,12H,4-5H2,1-2H3,(H,15,17). The lowest BCUT2D eigenvalue weighted by Crippen LogP contribution is -2.20. The molecule has 2 aromatic rings. The molecule has 2 heterocycles. The molecule has 0 bridgehead atoms. The molecule has 0 aliphatic carbocycles. The number of aromatic nitrogens is 4. The van der Waals surface area contributed by atoms with Gasteiger partial charge in [0, 0.05) is 19.7 Å². The van der Waals surface area contributed by atoms with Crippen LogP contribution in [0.2, 0.25) is 0 Å². The Morgan fingerprint density at radius 2 is 2.44 bits per heavy atom. The van der Waals surface area contributed by atoms with Gasteiger partial charge in [-0.05, 0) is 6.92 Å². The second kappa shape index (κ2) is 5.36. The second-order valence-corrected chi connectivity index (χ2v) is 4.46. The predicted molar refractivity (Wildman–Crippen MR) is 68.4 cm³/mol. The molecule has 1 atom stereocenters. The average molecular weight is 272 g/mol. The van der Waals surface area contributed by atoms with Gasteiger partial charge in [0.1, 0.15) is 11.6 Å². The van der Waals surface area contributed by atoms with E-state index in [1.165, 1.54) is 4.40 Å². The highest BCUT2D eigenvalue weighted by molar-refractivity contribution is 6.21. The molecule has 0 fully saturated rings. The van der Waals surface area contributed by atoms with Gasteiger partial charge in [-0.2, -0.15) is 5.10 Å².